The van der Waals surface area contributed by atoms with Crippen LogP contribution in [0.4, 0.5) is 5.88 Å². The number of esters is 1. The predicted molar refractivity (Wildman–Crippen MR) is 86.1 cm³/mol. The minimum atomic E-state index is -0.906. The third-order valence-corrected chi connectivity index (χ3v) is 4.17. The van der Waals surface area contributed by atoms with E-state index in [9.17, 15) is 9.59 Å². The molecule has 7 heteroatoms. The van der Waals surface area contributed by atoms with E-state index in [0.717, 1.165) is 12.0 Å². The SMILES string of the molecule is Cc1noc(N)c1C(=O)O[C@H](C)C(=O)N1CCc2ccccc2C1. The van der Waals surface area contributed by atoms with Crippen molar-refractivity contribution >= 4 is 17.8 Å². The van der Waals surface area contributed by atoms with Crippen molar-refractivity contribution in [3.8, 4) is 0 Å². The number of benzene rings is 1. The van der Waals surface area contributed by atoms with Crippen LogP contribution in [0.1, 0.15) is 34.1 Å². The molecule has 1 atom stereocenters. The number of rotatable bonds is 3. The number of fused-ring (bicyclic) bond motifs is 1. The highest BCUT2D eigenvalue weighted by Gasteiger charge is 2.29. The zero-order valence-corrected chi connectivity index (χ0v) is 13.6. The Kier molecular flexibility index (Phi) is 4.24. The Morgan fingerprint density at radius 2 is 2.04 bits per heavy atom. The first-order valence-corrected chi connectivity index (χ1v) is 7.75. The van der Waals surface area contributed by atoms with E-state index in [4.69, 9.17) is 15.0 Å². The Hall–Kier alpha value is -2.83. The number of aryl methyl sites for hydroxylation is 1. The van der Waals surface area contributed by atoms with Gasteiger partial charge in [0.05, 0.1) is 5.69 Å². The number of nitrogen functional groups attached to an aromatic ring is 1. The van der Waals surface area contributed by atoms with Gasteiger partial charge in [0.1, 0.15) is 5.56 Å². The summed E-state index contributed by atoms with van der Waals surface area (Å²) in [5.41, 5.74) is 8.34. The van der Waals surface area contributed by atoms with Crippen LogP contribution in [0, 0.1) is 6.92 Å². The molecule has 1 amide bonds. The second-order valence-corrected chi connectivity index (χ2v) is 5.83. The minimum absolute atomic E-state index is 0.0682. The molecule has 2 N–H and O–H groups in total. The zero-order valence-electron chi connectivity index (χ0n) is 13.6. The molecule has 0 aliphatic carbocycles. The number of nitrogens with two attached hydrogens (primary N) is 1. The first-order valence-electron chi connectivity index (χ1n) is 7.75. The van der Waals surface area contributed by atoms with E-state index < -0.39 is 12.1 Å². The molecule has 2 heterocycles. The van der Waals surface area contributed by atoms with Crippen LogP contribution < -0.4 is 5.73 Å². The third-order valence-electron chi connectivity index (χ3n) is 4.17. The second-order valence-electron chi connectivity index (χ2n) is 5.83. The fraction of sp³-hybridized carbons (Fsp3) is 0.353. The number of ether oxygens (including phenoxy) is 1. The number of aromatic nitrogens is 1. The second kappa shape index (κ2) is 6.35. The summed E-state index contributed by atoms with van der Waals surface area (Å²) in [4.78, 5) is 26.4. The number of carbonyl (C=O) groups excluding carboxylic acids is 2. The normalized spacial score (nSPS) is 14.8. The number of anilines is 1. The summed E-state index contributed by atoms with van der Waals surface area (Å²) in [6, 6.07) is 8.02. The summed E-state index contributed by atoms with van der Waals surface area (Å²) < 4.78 is 9.99. The fourth-order valence-electron chi connectivity index (χ4n) is 2.85. The largest absolute Gasteiger partial charge is 0.449 e. The molecule has 0 fully saturated rings. The number of hydrogen-bond donors (Lipinski definition) is 1. The molecule has 0 bridgehead atoms. The summed E-state index contributed by atoms with van der Waals surface area (Å²) in [5, 5.41) is 3.61. The smallest absolute Gasteiger partial charge is 0.346 e. The van der Waals surface area contributed by atoms with E-state index in [1.165, 1.54) is 5.56 Å². The molecule has 0 unspecified atom stereocenters. The maximum absolute atomic E-state index is 12.6. The Balaban J connectivity index is 1.66. The van der Waals surface area contributed by atoms with Crippen LogP contribution in [0.25, 0.3) is 0 Å². The lowest BCUT2D eigenvalue weighted by molar-refractivity contribution is -0.140. The first kappa shape index (κ1) is 16.0. The molecule has 0 saturated heterocycles. The van der Waals surface area contributed by atoms with E-state index in [-0.39, 0.29) is 17.4 Å². The Bertz CT molecular complexity index is 764. The first-order chi connectivity index (χ1) is 11.5. The Morgan fingerprint density at radius 1 is 1.33 bits per heavy atom. The van der Waals surface area contributed by atoms with Gasteiger partial charge in [-0.25, -0.2) is 4.79 Å². The number of nitrogens with zero attached hydrogens (tertiary/aromatic N) is 2. The van der Waals surface area contributed by atoms with Crippen LogP contribution in [-0.4, -0.2) is 34.6 Å². The molecular formula is C17H19N3O4. The monoisotopic (exact) mass is 329 g/mol. The highest BCUT2D eigenvalue weighted by molar-refractivity contribution is 5.96. The van der Waals surface area contributed by atoms with Crippen LogP contribution in [0.15, 0.2) is 28.8 Å². The predicted octanol–water partition coefficient (Wildman–Crippen LogP) is 1.70. The summed E-state index contributed by atoms with van der Waals surface area (Å²) >= 11 is 0. The van der Waals surface area contributed by atoms with Crippen molar-refractivity contribution in [3.05, 3.63) is 46.6 Å². The highest BCUT2D eigenvalue weighted by Crippen LogP contribution is 2.21. The molecular weight excluding hydrogens is 310 g/mol. The third kappa shape index (κ3) is 2.97. The van der Waals surface area contributed by atoms with Gasteiger partial charge in [0.2, 0.25) is 5.88 Å². The van der Waals surface area contributed by atoms with Crippen LogP contribution >= 0.6 is 0 Å². The maximum Gasteiger partial charge on any atom is 0.346 e. The van der Waals surface area contributed by atoms with Crippen molar-refractivity contribution in [2.45, 2.75) is 32.9 Å². The van der Waals surface area contributed by atoms with Crippen LogP contribution in [0.3, 0.4) is 0 Å². The van der Waals surface area contributed by atoms with E-state index in [1.54, 1.807) is 18.7 Å². The highest BCUT2D eigenvalue weighted by atomic mass is 16.5. The molecule has 0 radical (unpaired) electrons. The van der Waals surface area contributed by atoms with Gasteiger partial charge < -0.3 is 19.9 Å². The van der Waals surface area contributed by atoms with E-state index in [1.807, 2.05) is 18.2 Å². The van der Waals surface area contributed by atoms with Crippen molar-refractivity contribution in [2.24, 2.45) is 0 Å². The lowest BCUT2D eigenvalue weighted by Crippen LogP contribution is -2.42. The van der Waals surface area contributed by atoms with Gasteiger partial charge >= 0.3 is 5.97 Å². The van der Waals surface area contributed by atoms with Crippen molar-refractivity contribution in [1.82, 2.24) is 10.1 Å². The van der Waals surface area contributed by atoms with E-state index in [2.05, 4.69) is 11.2 Å². The maximum atomic E-state index is 12.6. The standard InChI is InChI=1S/C17H19N3O4/c1-10-14(15(18)24-19-10)17(22)23-11(2)16(21)20-8-7-12-5-3-4-6-13(12)9-20/h3-6,11H,7-9,18H2,1-2H3/t11-/m1/s1. The lowest BCUT2D eigenvalue weighted by Gasteiger charge is -2.30. The van der Waals surface area contributed by atoms with E-state index >= 15 is 0 Å². The lowest BCUT2D eigenvalue weighted by atomic mass is 9.99. The molecule has 3 rings (SSSR count). The van der Waals surface area contributed by atoms with Crippen molar-refractivity contribution in [1.29, 1.82) is 0 Å². The molecule has 24 heavy (non-hydrogen) atoms. The molecule has 1 aliphatic heterocycles. The van der Waals surface area contributed by atoms with Gasteiger partial charge in [-0.1, -0.05) is 29.4 Å². The van der Waals surface area contributed by atoms with Crippen molar-refractivity contribution in [3.63, 3.8) is 0 Å². The Labute approximate surface area is 139 Å². The summed E-state index contributed by atoms with van der Waals surface area (Å²) in [7, 11) is 0. The molecule has 0 spiro atoms. The average Bonchev–Trinajstić information content (AvgIpc) is 2.92. The van der Waals surface area contributed by atoms with Crippen LogP contribution in [0.2, 0.25) is 0 Å². The van der Waals surface area contributed by atoms with Crippen LogP contribution in [0.5, 0.6) is 0 Å². The average molecular weight is 329 g/mol. The topological polar surface area (TPSA) is 98.7 Å². The van der Waals surface area contributed by atoms with Gasteiger partial charge in [-0.05, 0) is 31.4 Å². The summed E-state index contributed by atoms with van der Waals surface area (Å²) in [6.45, 7) is 4.27. The van der Waals surface area contributed by atoms with Gasteiger partial charge in [-0.3, -0.25) is 4.79 Å². The molecule has 1 aromatic carbocycles. The fourth-order valence-corrected chi connectivity index (χ4v) is 2.85. The summed E-state index contributed by atoms with van der Waals surface area (Å²) in [5.74, 6) is -1.04. The number of hydrogen-bond acceptors (Lipinski definition) is 6. The van der Waals surface area contributed by atoms with Gasteiger partial charge in [0.15, 0.2) is 6.10 Å². The van der Waals surface area contributed by atoms with E-state index in [0.29, 0.717) is 18.8 Å². The zero-order chi connectivity index (χ0) is 17.3. The summed E-state index contributed by atoms with van der Waals surface area (Å²) in [6.07, 6.45) is -0.114. The molecule has 2 aromatic rings. The van der Waals surface area contributed by atoms with Crippen molar-refractivity contribution in [2.75, 3.05) is 12.3 Å². The van der Waals surface area contributed by atoms with Crippen LogP contribution in [-0.2, 0) is 22.5 Å². The molecule has 1 aliphatic rings. The Morgan fingerprint density at radius 3 is 2.71 bits per heavy atom. The number of amides is 1. The quantitative estimate of drug-likeness (QED) is 0.861. The van der Waals surface area contributed by atoms with Gasteiger partial charge in [0.25, 0.3) is 5.91 Å². The van der Waals surface area contributed by atoms with Gasteiger partial charge in [0, 0.05) is 13.1 Å². The molecule has 0 saturated carbocycles. The van der Waals surface area contributed by atoms with Gasteiger partial charge in [-0.2, -0.15) is 0 Å². The molecule has 1 aromatic heterocycles. The minimum Gasteiger partial charge on any atom is -0.449 e. The number of carbonyl (C=O) groups is 2. The van der Waals surface area contributed by atoms with Crippen molar-refractivity contribution < 1.29 is 18.8 Å². The molecule has 126 valence electrons. The molecule has 7 nitrogen and oxygen atoms in total. The van der Waals surface area contributed by atoms with Gasteiger partial charge in [-0.15, -0.1) is 0 Å².